The van der Waals surface area contributed by atoms with Crippen LogP contribution in [0.15, 0.2) is 34.1 Å². The molecule has 2 aromatic rings. The predicted octanol–water partition coefficient (Wildman–Crippen LogP) is 3.97. The third-order valence-corrected chi connectivity index (χ3v) is 4.36. The van der Waals surface area contributed by atoms with E-state index in [4.69, 9.17) is 4.74 Å². The average molecular weight is 330 g/mol. The molecule has 1 aromatic heterocycles. The summed E-state index contributed by atoms with van der Waals surface area (Å²) in [5, 5.41) is 3.19. The van der Waals surface area contributed by atoms with Gasteiger partial charge >= 0.3 is 0 Å². The molecule has 0 fully saturated rings. The Labute approximate surface area is 118 Å². The van der Waals surface area contributed by atoms with Crippen molar-refractivity contribution in [2.24, 2.45) is 0 Å². The van der Waals surface area contributed by atoms with Gasteiger partial charge in [-0.05, 0) is 52.8 Å². The second-order valence-corrected chi connectivity index (χ2v) is 6.25. The van der Waals surface area contributed by atoms with Gasteiger partial charge in [0.05, 0.1) is 16.9 Å². The summed E-state index contributed by atoms with van der Waals surface area (Å²) in [6, 6.07) is 9.03. The van der Waals surface area contributed by atoms with Crippen LogP contribution >= 0.6 is 27.3 Å². The molecular weight excluding hydrogens is 317 g/mol. The largest absolute Gasteiger partial charge is 0.494 e. The topological polar surface area (TPSA) is 21.3 Å². The van der Waals surface area contributed by atoms with Gasteiger partial charge in [-0.2, -0.15) is 0 Å². The van der Waals surface area contributed by atoms with E-state index in [0.717, 1.165) is 14.2 Å². The molecule has 2 nitrogen and oxygen atoms in total. The van der Waals surface area contributed by atoms with Crippen LogP contribution in [0, 0.1) is 5.82 Å². The molecule has 18 heavy (non-hydrogen) atoms. The maximum atomic E-state index is 13.7. The van der Waals surface area contributed by atoms with Crippen molar-refractivity contribution < 1.29 is 9.13 Å². The quantitative estimate of drug-likeness (QED) is 0.916. The monoisotopic (exact) mass is 329 g/mol. The van der Waals surface area contributed by atoms with Crippen molar-refractivity contribution in [2.45, 2.75) is 6.04 Å². The molecule has 0 aliphatic carbocycles. The van der Waals surface area contributed by atoms with Gasteiger partial charge < -0.3 is 10.1 Å². The second kappa shape index (κ2) is 5.82. The molecule has 0 spiro atoms. The Hall–Kier alpha value is -0.910. The zero-order chi connectivity index (χ0) is 13.1. The molecule has 1 aromatic carbocycles. The van der Waals surface area contributed by atoms with Crippen LogP contribution in [-0.4, -0.2) is 14.2 Å². The number of rotatable bonds is 4. The summed E-state index contributed by atoms with van der Waals surface area (Å²) in [7, 11) is 3.32. The maximum absolute atomic E-state index is 13.7. The molecule has 0 aliphatic rings. The van der Waals surface area contributed by atoms with Crippen LogP contribution < -0.4 is 10.1 Å². The maximum Gasteiger partial charge on any atom is 0.165 e. The van der Waals surface area contributed by atoms with Crippen molar-refractivity contribution in [1.29, 1.82) is 0 Å². The highest BCUT2D eigenvalue weighted by atomic mass is 79.9. The molecule has 1 atom stereocenters. The number of methoxy groups -OCH3 is 1. The predicted molar refractivity (Wildman–Crippen MR) is 75.9 cm³/mol. The van der Waals surface area contributed by atoms with Crippen LogP contribution in [0.5, 0.6) is 5.75 Å². The second-order valence-electron chi connectivity index (χ2n) is 3.76. The lowest BCUT2D eigenvalue weighted by Gasteiger charge is -2.15. The molecule has 1 unspecified atom stereocenters. The fraction of sp³-hybridized carbons (Fsp3) is 0.231. The number of ether oxygens (including phenoxy) is 1. The van der Waals surface area contributed by atoms with Gasteiger partial charge in [0.15, 0.2) is 11.6 Å². The third-order valence-electron chi connectivity index (χ3n) is 2.68. The summed E-state index contributed by atoms with van der Waals surface area (Å²) >= 11 is 5.07. The van der Waals surface area contributed by atoms with Crippen LogP contribution in [0.4, 0.5) is 4.39 Å². The minimum Gasteiger partial charge on any atom is -0.494 e. The first kappa shape index (κ1) is 13.5. The number of halogens is 2. The first-order valence-electron chi connectivity index (χ1n) is 5.41. The summed E-state index contributed by atoms with van der Waals surface area (Å²) in [5.74, 6) is -0.0770. The number of benzene rings is 1. The Morgan fingerprint density at radius 3 is 2.61 bits per heavy atom. The highest BCUT2D eigenvalue weighted by molar-refractivity contribution is 9.11. The summed E-state index contributed by atoms with van der Waals surface area (Å²) < 4.78 is 19.7. The molecule has 0 saturated heterocycles. The average Bonchev–Trinajstić information content (AvgIpc) is 2.77. The van der Waals surface area contributed by atoms with Crippen molar-refractivity contribution >= 4 is 27.3 Å². The zero-order valence-corrected chi connectivity index (χ0v) is 12.4. The van der Waals surface area contributed by atoms with E-state index < -0.39 is 0 Å². The standard InChI is InChI=1S/C13H13BrFNOS/c1-16-13(11-5-6-12(14)18-11)8-3-4-10(17-2)9(15)7-8/h3-7,13,16H,1-2H3. The molecule has 1 heterocycles. The van der Waals surface area contributed by atoms with Crippen LogP contribution in [0.2, 0.25) is 0 Å². The van der Waals surface area contributed by atoms with E-state index in [0.29, 0.717) is 0 Å². The SMILES string of the molecule is CNC(c1ccc(OC)c(F)c1)c1ccc(Br)s1. The third kappa shape index (κ3) is 2.74. The van der Waals surface area contributed by atoms with Crippen molar-refractivity contribution in [3.8, 4) is 5.75 Å². The molecule has 5 heteroatoms. The van der Waals surface area contributed by atoms with Crippen molar-refractivity contribution in [3.05, 3.63) is 50.4 Å². The van der Waals surface area contributed by atoms with Gasteiger partial charge in [-0.25, -0.2) is 4.39 Å². The summed E-state index contributed by atoms with van der Waals surface area (Å²) in [6.45, 7) is 0. The molecule has 0 radical (unpaired) electrons. The van der Waals surface area contributed by atoms with Gasteiger partial charge in [0.1, 0.15) is 0 Å². The van der Waals surface area contributed by atoms with Crippen LogP contribution in [0.1, 0.15) is 16.5 Å². The first-order chi connectivity index (χ1) is 8.65. The van der Waals surface area contributed by atoms with Gasteiger partial charge in [-0.1, -0.05) is 6.07 Å². The van der Waals surface area contributed by atoms with Crippen LogP contribution in [0.3, 0.4) is 0 Å². The van der Waals surface area contributed by atoms with Gasteiger partial charge in [0, 0.05) is 4.88 Å². The fourth-order valence-corrected chi connectivity index (χ4v) is 3.38. The van der Waals surface area contributed by atoms with Crippen molar-refractivity contribution in [2.75, 3.05) is 14.2 Å². The van der Waals surface area contributed by atoms with E-state index in [-0.39, 0.29) is 17.6 Å². The highest BCUT2D eigenvalue weighted by Crippen LogP contribution is 2.32. The van der Waals surface area contributed by atoms with E-state index in [1.165, 1.54) is 13.2 Å². The van der Waals surface area contributed by atoms with E-state index in [9.17, 15) is 4.39 Å². The molecule has 0 amide bonds. The smallest absolute Gasteiger partial charge is 0.165 e. The van der Waals surface area contributed by atoms with Crippen molar-refractivity contribution in [1.82, 2.24) is 5.32 Å². The van der Waals surface area contributed by atoms with Gasteiger partial charge in [0.2, 0.25) is 0 Å². The van der Waals surface area contributed by atoms with E-state index in [1.54, 1.807) is 17.4 Å². The Morgan fingerprint density at radius 2 is 2.11 bits per heavy atom. The minimum absolute atomic E-state index is 0.0123. The zero-order valence-electron chi connectivity index (χ0n) is 10.0. The molecule has 96 valence electrons. The van der Waals surface area contributed by atoms with Crippen LogP contribution in [0.25, 0.3) is 0 Å². The van der Waals surface area contributed by atoms with Gasteiger partial charge in [0.25, 0.3) is 0 Å². The first-order valence-corrected chi connectivity index (χ1v) is 7.02. The van der Waals surface area contributed by atoms with Gasteiger partial charge in [-0.15, -0.1) is 11.3 Å². The molecular formula is C13H13BrFNOS. The Balaban J connectivity index is 2.36. The molecule has 0 saturated carbocycles. The summed E-state index contributed by atoms with van der Waals surface area (Å²) in [6.07, 6.45) is 0. The van der Waals surface area contributed by atoms with Gasteiger partial charge in [-0.3, -0.25) is 0 Å². The molecule has 1 N–H and O–H groups in total. The normalized spacial score (nSPS) is 12.4. The van der Waals surface area contributed by atoms with E-state index in [1.807, 2.05) is 25.2 Å². The van der Waals surface area contributed by atoms with Crippen LogP contribution in [-0.2, 0) is 0 Å². The van der Waals surface area contributed by atoms with E-state index >= 15 is 0 Å². The fourth-order valence-electron chi connectivity index (χ4n) is 1.82. The summed E-state index contributed by atoms with van der Waals surface area (Å²) in [4.78, 5) is 1.13. The lowest BCUT2D eigenvalue weighted by atomic mass is 10.1. The lowest BCUT2D eigenvalue weighted by molar-refractivity contribution is 0.386. The molecule has 0 aliphatic heterocycles. The minimum atomic E-state index is -0.342. The number of hydrogen-bond donors (Lipinski definition) is 1. The highest BCUT2D eigenvalue weighted by Gasteiger charge is 2.16. The summed E-state index contributed by atoms with van der Waals surface area (Å²) in [5.41, 5.74) is 0.880. The number of nitrogens with one attached hydrogen (secondary N) is 1. The van der Waals surface area contributed by atoms with E-state index in [2.05, 4.69) is 21.2 Å². The Kier molecular flexibility index (Phi) is 4.37. The lowest BCUT2D eigenvalue weighted by Crippen LogP contribution is -2.16. The number of thiophene rings is 1. The number of hydrogen-bond acceptors (Lipinski definition) is 3. The molecule has 0 bridgehead atoms. The Bertz CT molecular complexity index is 544. The Morgan fingerprint density at radius 1 is 1.33 bits per heavy atom. The molecule has 2 rings (SSSR count). The van der Waals surface area contributed by atoms with Crippen molar-refractivity contribution in [3.63, 3.8) is 0 Å².